The van der Waals surface area contributed by atoms with Crippen LogP contribution in [0.25, 0.3) is 0 Å². The van der Waals surface area contributed by atoms with Gasteiger partial charge in [-0.15, -0.1) is 0 Å². The maximum atomic E-state index is 6.37. The van der Waals surface area contributed by atoms with Crippen molar-refractivity contribution in [2.45, 2.75) is 58.2 Å². The van der Waals surface area contributed by atoms with Crippen molar-refractivity contribution in [3.8, 4) is 0 Å². The fourth-order valence-corrected chi connectivity index (χ4v) is 2.82. The zero-order valence-corrected chi connectivity index (χ0v) is 12.3. The molecule has 1 aromatic rings. The maximum absolute atomic E-state index is 6.37. The van der Waals surface area contributed by atoms with E-state index in [1.165, 1.54) is 43.2 Å². The lowest BCUT2D eigenvalue weighted by Gasteiger charge is -2.28. The van der Waals surface area contributed by atoms with E-state index < -0.39 is 0 Å². The number of nitrogens with one attached hydrogen (secondary N) is 1. The van der Waals surface area contributed by atoms with Gasteiger partial charge in [0.25, 0.3) is 0 Å². The second kappa shape index (κ2) is 7.66. The van der Waals surface area contributed by atoms with Crippen LogP contribution in [-0.2, 0) is 4.74 Å². The monoisotopic (exact) mass is 261 g/mol. The molecule has 0 spiro atoms. The third-order valence-corrected chi connectivity index (χ3v) is 3.90. The van der Waals surface area contributed by atoms with Gasteiger partial charge >= 0.3 is 0 Å². The normalized spacial score (nSPS) is 18.4. The van der Waals surface area contributed by atoms with E-state index in [-0.39, 0.29) is 6.10 Å². The number of benzene rings is 1. The predicted molar refractivity (Wildman–Crippen MR) is 80.4 cm³/mol. The van der Waals surface area contributed by atoms with Gasteiger partial charge in [0.2, 0.25) is 0 Å². The van der Waals surface area contributed by atoms with Crippen molar-refractivity contribution in [1.82, 2.24) is 5.32 Å². The SMILES string of the molecule is CCNCC(OC1CCCCC1)c1cccc(C)c1. The summed E-state index contributed by atoms with van der Waals surface area (Å²) in [5.74, 6) is 0. The molecule has 0 radical (unpaired) electrons. The van der Waals surface area contributed by atoms with Crippen molar-refractivity contribution in [3.63, 3.8) is 0 Å². The van der Waals surface area contributed by atoms with Gasteiger partial charge in [-0.2, -0.15) is 0 Å². The summed E-state index contributed by atoms with van der Waals surface area (Å²) in [7, 11) is 0. The van der Waals surface area contributed by atoms with Crippen molar-refractivity contribution < 1.29 is 4.74 Å². The molecular formula is C17H27NO. The lowest BCUT2D eigenvalue weighted by atomic mass is 9.97. The van der Waals surface area contributed by atoms with Crippen molar-refractivity contribution in [2.75, 3.05) is 13.1 Å². The largest absolute Gasteiger partial charge is 0.369 e. The molecule has 1 aliphatic rings. The molecule has 2 heteroatoms. The van der Waals surface area contributed by atoms with Crippen molar-refractivity contribution in [1.29, 1.82) is 0 Å². The van der Waals surface area contributed by atoms with Crippen LogP contribution in [0, 0.1) is 6.92 Å². The molecule has 1 aromatic carbocycles. The molecule has 0 heterocycles. The zero-order valence-electron chi connectivity index (χ0n) is 12.3. The predicted octanol–water partition coefficient (Wildman–Crippen LogP) is 3.99. The zero-order chi connectivity index (χ0) is 13.5. The molecule has 1 fully saturated rings. The Morgan fingerprint density at radius 2 is 2.05 bits per heavy atom. The molecule has 19 heavy (non-hydrogen) atoms. The highest BCUT2D eigenvalue weighted by atomic mass is 16.5. The minimum absolute atomic E-state index is 0.197. The van der Waals surface area contributed by atoms with Gasteiger partial charge in [0.1, 0.15) is 0 Å². The Balaban J connectivity index is 2.01. The molecule has 0 amide bonds. The van der Waals surface area contributed by atoms with Crippen LogP contribution in [0.15, 0.2) is 24.3 Å². The number of aryl methyl sites for hydroxylation is 1. The number of likely N-dealkylation sites (N-methyl/N-ethyl adjacent to an activating group) is 1. The lowest BCUT2D eigenvalue weighted by Crippen LogP contribution is -2.28. The van der Waals surface area contributed by atoms with Gasteiger partial charge in [-0.05, 0) is 31.9 Å². The minimum atomic E-state index is 0.197. The molecule has 1 atom stereocenters. The third-order valence-electron chi connectivity index (χ3n) is 3.90. The summed E-state index contributed by atoms with van der Waals surface area (Å²) < 4.78 is 6.37. The van der Waals surface area contributed by atoms with Crippen molar-refractivity contribution in [3.05, 3.63) is 35.4 Å². The van der Waals surface area contributed by atoms with Gasteiger partial charge in [0, 0.05) is 6.54 Å². The molecule has 106 valence electrons. The van der Waals surface area contributed by atoms with E-state index >= 15 is 0 Å². The van der Waals surface area contributed by atoms with E-state index in [1.807, 2.05) is 0 Å². The maximum Gasteiger partial charge on any atom is 0.0953 e. The van der Waals surface area contributed by atoms with E-state index in [0.29, 0.717) is 6.10 Å². The van der Waals surface area contributed by atoms with Crippen LogP contribution in [0.2, 0.25) is 0 Å². The van der Waals surface area contributed by atoms with Gasteiger partial charge in [0.05, 0.1) is 12.2 Å². The van der Waals surface area contributed by atoms with E-state index in [1.54, 1.807) is 0 Å². The molecule has 0 aromatic heterocycles. The van der Waals surface area contributed by atoms with Crippen LogP contribution in [-0.4, -0.2) is 19.2 Å². The molecule has 1 unspecified atom stereocenters. The number of ether oxygens (including phenoxy) is 1. The average Bonchev–Trinajstić information content (AvgIpc) is 2.44. The molecular weight excluding hydrogens is 234 g/mol. The van der Waals surface area contributed by atoms with E-state index in [2.05, 4.69) is 43.4 Å². The number of rotatable bonds is 6. The topological polar surface area (TPSA) is 21.3 Å². The van der Waals surface area contributed by atoms with Crippen LogP contribution in [0.5, 0.6) is 0 Å². The lowest BCUT2D eigenvalue weighted by molar-refractivity contribution is -0.0304. The average molecular weight is 261 g/mol. The third kappa shape index (κ3) is 4.63. The summed E-state index contributed by atoms with van der Waals surface area (Å²) >= 11 is 0. The Labute approximate surface area is 117 Å². The van der Waals surface area contributed by atoms with Crippen LogP contribution in [0.4, 0.5) is 0 Å². The summed E-state index contributed by atoms with van der Waals surface area (Å²) in [6, 6.07) is 8.73. The molecule has 1 aliphatic carbocycles. The van der Waals surface area contributed by atoms with Crippen molar-refractivity contribution in [2.24, 2.45) is 0 Å². The number of hydrogen-bond acceptors (Lipinski definition) is 2. The summed E-state index contributed by atoms with van der Waals surface area (Å²) in [4.78, 5) is 0. The van der Waals surface area contributed by atoms with Crippen molar-refractivity contribution >= 4 is 0 Å². The first kappa shape index (κ1) is 14.5. The summed E-state index contributed by atoms with van der Waals surface area (Å²) in [6.45, 7) is 6.20. The summed E-state index contributed by atoms with van der Waals surface area (Å²) in [6.07, 6.45) is 7.14. The summed E-state index contributed by atoms with van der Waals surface area (Å²) in [5, 5.41) is 3.43. The van der Waals surface area contributed by atoms with E-state index in [0.717, 1.165) is 13.1 Å². The Kier molecular flexibility index (Phi) is 5.87. The fraction of sp³-hybridized carbons (Fsp3) is 0.647. The molecule has 1 N–H and O–H groups in total. The Bertz CT molecular complexity index is 371. The van der Waals surface area contributed by atoms with E-state index in [9.17, 15) is 0 Å². The smallest absolute Gasteiger partial charge is 0.0953 e. The first-order valence-electron chi connectivity index (χ1n) is 7.72. The first-order valence-corrected chi connectivity index (χ1v) is 7.72. The Morgan fingerprint density at radius 1 is 1.26 bits per heavy atom. The fourth-order valence-electron chi connectivity index (χ4n) is 2.82. The van der Waals surface area contributed by atoms with E-state index in [4.69, 9.17) is 4.74 Å². The van der Waals surface area contributed by atoms with Gasteiger partial charge < -0.3 is 10.1 Å². The number of hydrogen-bond donors (Lipinski definition) is 1. The van der Waals surface area contributed by atoms with Gasteiger partial charge in [-0.1, -0.05) is 56.0 Å². The highest BCUT2D eigenvalue weighted by Gasteiger charge is 2.20. The standard InChI is InChI=1S/C17H27NO/c1-3-18-13-17(15-9-7-8-14(2)12-15)19-16-10-5-4-6-11-16/h7-9,12,16-18H,3-6,10-11,13H2,1-2H3. The molecule has 0 saturated heterocycles. The minimum Gasteiger partial charge on any atom is -0.369 e. The van der Waals surface area contributed by atoms with Gasteiger partial charge in [-0.25, -0.2) is 0 Å². The summed E-state index contributed by atoms with van der Waals surface area (Å²) in [5.41, 5.74) is 2.62. The quantitative estimate of drug-likeness (QED) is 0.836. The second-order valence-corrected chi connectivity index (χ2v) is 5.61. The van der Waals surface area contributed by atoms with Gasteiger partial charge in [0.15, 0.2) is 0 Å². The molecule has 1 saturated carbocycles. The van der Waals surface area contributed by atoms with Gasteiger partial charge in [-0.3, -0.25) is 0 Å². The molecule has 2 rings (SSSR count). The highest BCUT2D eigenvalue weighted by molar-refractivity contribution is 5.24. The Morgan fingerprint density at radius 3 is 2.74 bits per heavy atom. The van der Waals surface area contributed by atoms with Crippen LogP contribution in [0.1, 0.15) is 56.3 Å². The van der Waals surface area contributed by atoms with Crippen LogP contribution in [0.3, 0.4) is 0 Å². The molecule has 0 aliphatic heterocycles. The second-order valence-electron chi connectivity index (χ2n) is 5.61. The highest BCUT2D eigenvalue weighted by Crippen LogP contribution is 2.27. The Hall–Kier alpha value is -0.860. The van der Waals surface area contributed by atoms with Crippen LogP contribution >= 0.6 is 0 Å². The van der Waals surface area contributed by atoms with Crippen LogP contribution < -0.4 is 5.32 Å². The first-order chi connectivity index (χ1) is 9.29. The molecule has 2 nitrogen and oxygen atoms in total. The molecule has 0 bridgehead atoms.